The van der Waals surface area contributed by atoms with Gasteiger partial charge in [-0.1, -0.05) is 6.07 Å². The first-order valence-corrected chi connectivity index (χ1v) is 4.19. The molecule has 0 saturated heterocycles. The number of fused-ring (bicyclic) bond motifs is 1. The summed E-state index contributed by atoms with van der Waals surface area (Å²) in [6, 6.07) is 3.99. The normalized spacial score (nSPS) is 11.9. The number of hydrogen-bond donors (Lipinski definition) is 1. The molecule has 0 saturated carbocycles. The SMILES string of the molecule is Nc1c(C(F)(F)F)ccc2ccncc12. The lowest BCUT2D eigenvalue weighted by atomic mass is 10.1. The molecular weight excluding hydrogens is 205 g/mol. The van der Waals surface area contributed by atoms with Gasteiger partial charge in [-0.25, -0.2) is 0 Å². The lowest BCUT2D eigenvalue weighted by Crippen LogP contribution is -2.09. The van der Waals surface area contributed by atoms with Crippen molar-refractivity contribution in [3.8, 4) is 0 Å². The van der Waals surface area contributed by atoms with Gasteiger partial charge in [0.25, 0.3) is 0 Å². The van der Waals surface area contributed by atoms with Crippen molar-refractivity contribution in [2.45, 2.75) is 6.18 Å². The second-order valence-corrected chi connectivity index (χ2v) is 3.12. The Morgan fingerprint density at radius 2 is 1.87 bits per heavy atom. The number of nitrogen functional groups attached to an aromatic ring is 1. The molecule has 0 atom stereocenters. The number of hydrogen-bond acceptors (Lipinski definition) is 2. The topological polar surface area (TPSA) is 38.9 Å². The molecule has 0 unspecified atom stereocenters. The molecule has 2 rings (SSSR count). The number of halogens is 3. The maximum absolute atomic E-state index is 12.5. The fourth-order valence-corrected chi connectivity index (χ4v) is 1.43. The minimum absolute atomic E-state index is 0.270. The molecule has 0 fully saturated rings. The highest BCUT2D eigenvalue weighted by molar-refractivity contribution is 5.93. The van der Waals surface area contributed by atoms with Gasteiger partial charge in [-0.2, -0.15) is 13.2 Å². The van der Waals surface area contributed by atoms with Gasteiger partial charge < -0.3 is 5.73 Å². The molecule has 0 amide bonds. The molecule has 0 aliphatic heterocycles. The quantitative estimate of drug-likeness (QED) is 0.682. The van der Waals surface area contributed by atoms with Crippen molar-refractivity contribution in [3.05, 3.63) is 36.2 Å². The Morgan fingerprint density at radius 3 is 2.53 bits per heavy atom. The van der Waals surface area contributed by atoms with Gasteiger partial charge in [0.15, 0.2) is 0 Å². The van der Waals surface area contributed by atoms with E-state index in [1.807, 2.05) is 0 Å². The highest BCUT2D eigenvalue weighted by Crippen LogP contribution is 2.36. The van der Waals surface area contributed by atoms with E-state index < -0.39 is 11.7 Å². The van der Waals surface area contributed by atoms with Crippen molar-refractivity contribution >= 4 is 16.5 Å². The van der Waals surface area contributed by atoms with E-state index in [2.05, 4.69) is 4.98 Å². The molecule has 2 N–H and O–H groups in total. The molecule has 0 aliphatic carbocycles. The number of aromatic nitrogens is 1. The molecule has 0 aliphatic rings. The number of nitrogens with two attached hydrogens (primary N) is 1. The van der Waals surface area contributed by atoms with Crippen LogP contribution in [-0.4, -0.2) is 4.98 Å². The van der Waals surface area contributed by atoms with Crippen molar-refractivity contribution < 1.29 is 13.2 Å². The Labute approximate surface area is 83.5 Å². The summed E-state index contributed by atoms with van der Waals surface area (Å²) in [6.07, 6.45) is -1.58. The molecule has 78 valence electrons. The molecule has 0 bridgehead atoms. The van der Waals surface area contributed by atoms with Crippen LogP contribution in [0.3, 0.4) is 0 Å². The minimum atomic E-state index is -4.42. The first-order valence-electron chi connectivity index (χ1n) is 4.19. The zero-order valence-electron chi connectivity index (χ0n) is 7.55. The van der Waals surface area contributed by atoms with Crippen molar-refractivity contribution in [3.63, 3.8) is 0 Å². The molecule has 2 aromatic rings. The Bertz CT molecular complexity index is 505. The predicted molar refractivity (Wildman–Crippen MR) is 51.2 cm³/mol. The Hall–Kier alpha value is -1.78. The number of pyridine rings is 1. The van der Waals surface area contributed by atoms with Gasteiger partial charge in [-0.05, 0) is 17.5 Å². The Balaban J connectivity index is 2.76. The van der Waals surface area contributed by atoms with Gasteiger partial charge >= 0.3 is 6.18 Å². The average molecular weight is 212 g/mol. The molecule has 1 aromatic carbocycles. The molecule has 15 heavy (non-hydrogen) atoms. The van der Waals surface area contributed by atoms with Crippen LogP contribution in [0.4, 0.5) is 18.9 Å². The summed E-state index contributed by atoms with van der Waals surface area (Å²) in [7, 11) is 0. The third-order valence-corrected chi connectivity index (χ3v) is 2.17. The van der Waals surface area contributed by atoms with Crippen LogP contribution >= 0.6 is 0 Å². The first-order chi connectivity index (χ1) is 7.00. The van der Waals surface area contributed by atoms with E-state index in [1.54, 1.807) is 6.07 Å². The second kappa shape index (κ2) is 3.12. The van der Waals surface area contributed by atoms with Crippen molar-refractivity contribution in [2.24, 2.45) is 0 Å². The number of benzene rings is 1. The number of anilines is 1. The predicted octanol–water partition coefficient (Wildman–Crippen LogP) is 2.84. The number of alkyl halides is 3. The van der Waals surface area contributed by atoms with Crippen LogP contribution in [-0.2, 0) is 6.18 Å². The van der Waals surface area contributed by atoms with Gasteiger partial charge in [0.1, 0.15) is 0 Å². The zero-order valence-corrected chi connectivity index (χ0v) is 7.55. The Morgan fingerprint density at radius 1 is 1.13 bits per heavy atom. The van der Waals surface area contributed by atoms with E-state index in [0.29, 0.717) is 10.8 Å². The fourth-order valence-electron chi connectivity index (χ4n) is 1.43. The third kappa shape index (κ3) is 1.60. The lowest BCUT2D eigenvalue weighted by Gasteiger charge is -2.11. The maximum atomic E-state index is 12.5. The monoisotopic (exact) mass is 212 g/mol. The van der Waals surface area contributed by atoms with Crippen LogP contribution in [0.25, 0.3) is 10.8 Å². The standard InChI is InChI=1S/C10H7F3N2/c11-10(12,13)8-2-1-6-3-4-15-5-7(6)9(8)14/h1-5H,14H2. The maximum Gasteiger partial charge on any atom is 0.418 e. The molecule has 0 radical (unpaired) electrons. The molecule has 1 aromatic heterocycles. The molecule has 2 nitrogen and oxygen atoms in total. The highest BCUT2D eigenvalue weighted by Gasteiger charge is 2.33. The number of rotatable bonds is 0. The summed E-state index contributed by atoms with van der Waals surface area (Å²) >= 11 is 0. The van der Waals surface area contributed by atoms with Gasteiger partial charge in [-0.3, -0.25) is 4.98 Å². The molecule has 0 spiro atoms. The van der Waals surface area contributed by atoms with E-state index in [9.17, 15) is 13.2 Å². The third-order valence-electron chi connectivity index (χ3n) is 2.17. The van der Waals surface area contributed by atoms with Crippen LogP contribution in [0.5, 0.6) is 0 Å². The van der Waals surface area contributed by atoms with Crippen molar-refractivity contribution in [1.82, 2.24) is 4.98 Å². The van der Waals surface area contributed by atoms with E-state index >= 15 is 0 Å². The van der Waals surface area contributed by atoms with Gasteiger partial charge in [-0.15, -0.1) is 0 Å². The van der Waals surface area contributed by atoms with E-state index in [-0.39, 0.29) is 5.69 Å². The van der Waals surface area contributed by atoms with Crippen LogP contribution in [0, 0.1) is 0 Å². The smallest absolute Gasteiger partial charge is 0.398 e. The van der Waals surface area contributed by atoms with Crippen LogP contribution in [0.1, 0.15) is 5.56 Å². The highest BCUT2D eigenvalue weighted by atomic mass is 19.4. The summed E-state index contributed by atoms with van der Waals surface area (Å²) in [5.41, 5.74) is 4.36. The summed E-state index contributed by atoms with van der Waals surface area (Å²) in [5, 5.41) is 0.975. The summed E-state index contributed by atoms with van der Waals surface area (Å²) in [6.45, 7) is 0. The molecule has 5 heteroatoms. The minimum Gasteiger partial charge on any atom is -0.398 e. The lowest BCUT2D eigenvalue weighted by molar-refractivity contribution is -0.136. The van der Waals surface area contributed by atoms with Crippen molar-refractivity contribution in [2.75, 3.05) is 5.73 Å². The summed E-state index contributed by atoms with van der Waals surface area (Å²) in [5.74, 6) is 0. The van der Waals surface area contributed by atoms with E-state index in [4.69, 9.17) is 5.73 Å². The van der Waals surface area contributed by atoms with Gasteiger partial charge in [0, 0.05) is 17.8 Å². The summed E-state index contributed by atoms with van der Waals surface area (Å²) in [4.78, 5) is 3.75. The van der Waals surface area contributed by atoms with Crippen molar-refractivity contribution in [1.29, 1.82) is 0 Å². The van der Waals surface area contributed by atoms with E-state index in [0.717, 1.165) is 6.07 Å². The Kier molecular flexibility index (Phi) is 2.03. The largest absolute Gasteiger partial charge is 0.418 e. The van der Waals surface area contributed by atoms with Gasteiger partial charge in [0.2, 0.25) is 0 Å². The van der Waals surface area contributed by atoms with E-state index in [1.165, 1.54) is 18.5 Å². The van der Waals surface area contributed by atoms with Crippen LogP contribution in [0.15, 0.2) is 30.6 Å². The second-order valence-electron chi connectivity index (χ2n) is 3.12. The van der Waals surface area contributed by atoms with Crippen LogP contribution in [0.2, 0.25) is 0 Å². The average Bonchev–Trinajstić information content (AvgIpc) is 2.16. The number of nitrogens with zero attached hydrogens (tertiary/aromatic N) is 1. The van der Waals surface area contributed by atoms with Crippen LogP contribution < -0.4 is 5.73 Å². The van der Waals surface area contributed by atoms with Gasteiger partial charge in [0.05, 0.1) is 11.3 Å². The first kappa shape index (κ1) is 9.76. The fraction of sp³-hybridized carbons (Fsp3) is 0.100. The molecule has 1 heterocycles. The molecular formula is C10H7F3N2. The zero-order chi connectivity index (χ0) is 11.1. The summed E-state index contributed by atoms with van der Waals surface area (Å²) < 4.78 is 37.4.